The Hall–Kier alpha value is -2.82. The number of allylic oxidation sites excluding steroid dienone is 1. The molecular weight excluding hydrogens is 318 g/mol. The van der Waals surface area contributed by atoms with Gasteiger partial charge in [-0.1, -0.05) is 18.2 Å². The number of hydrogen-bond donors (Lipinski definition) is 0. The number of benzene rings is 1. The van der Waals surface area contributed by atoms with Crippen LogP contribution in [-0.4, -0.2) is 30.0 Å². The molecule has 0 amide bonds. The molecule has 0 atom stereocenters. The van der Waals surface area contributed by atoms with Crippen LogP contribution < -0.4 is 4.74 Å². The van der Waals surface area contributed by atoms with Crippen LogP contribution in [0.25, 0.3) is 0 Å². The average molecular weight is 341 g/mol. The van der Waals surface area contributed by atoms with Crippen molar-refractivity contribution >= 4 is 11.8 Å². The minimum Gasteiger partial charge on any atom is -0.485 e. The highest BCUT2D eigenvalue weighted by Gasteiger charge is 2.15. The molecule has 0 saturated heterocycles. The second kappa shape index (κ2) is 8.33. The predicted octanol–water partition coefficient (Wildman–Crippen LogP) is 3.27. The Balaban J connectivity index is 1.99. The zero-order valence-corrected chi connectivity index (χ0v) is 14.9. The van der Waals surface area contributed by atoms with Crippen LogP contribution in [0, 0.1) is 13.8 Å². The molecule has 0 aliphatic heterocycles. The van der Waals surface area contributed by atoms with Crippen molar-refractivity contribution in [3.63, 3.8) is 0 Å². The van der Waals surface area contributed by atoms with Gasteiger partial charge in [0.15, 0.2) is 6.61 Å². The lowest BCUT2D eigenvalue weighted by molar-refractivity contribution is -0.139. The van der Waals surface area contributed by atoms with E-state index >= 15 is 0 Å². The van der Waals surface area contributed by atoms with Crippen molar-refractivity contribution in [1.82, 2.24) is 4.57 Å². The lowest BCUT2D eigenvalue weighted by atomic mass is 10.1. The van der Waals surface area contributed by atoms with Gasteiger partial charge in [0.1, 0.15) is 5.75 Å². The summed E-state index contributed by atoms with van der Waals surface area (Å²) in [6.07, 6.45) is 2.02. The Kier molecular flexibility index (Phi) is 6.17. The summed E-state index contributed by atoms with van der Waals surface area (Å²) in [7, 11) is 1.36. The van der Waals surface area contributed by atoms with E-state index in [1.807, 2.05) is 24.5 Å². The van der Waals surface area contributed by atoms with E-state index in [4.69, 9.17) is 4.74 Å². The van der Waals surface area contributed by atoms with Crippen LogP contribution in [0.3, 0.4) is 0 Å². The largest absolute Gasteiger partial charge is 0.485 e. The summed E-state index contributed by atoms with van der Waals surface area (Å²) in [5.74, 6) is 0.225. The molecule has 5 nitrogen and oxygen atoms in total. The van der Waals surface area contributed by atoms with Gasteiger partial charge in [-0.25, -0.2) is 0 Å². The number of methoxy groups -OCH3 is 1. The molecule has 0 unspecified atom stereocenters. The van der Waals surface area contributed by atoms with Gasteiger partial charge in [0.05, 0.1) is 13.5 Å². The van der Waals surface area contributed by atoms with E-state index in [-0.39, 0.29) is 24.8 Å². The number of aryl methyl sites for hydroxylation is 1. The average Bonchev–Trinajstić information content (AvgIpc) is 2.89. The zero-order valence-electron chi connectivity index (χ0n) is 14.9. The Labute approximate surface area is 147 Å². The van der Waals surface area contributed by atoms with E-state index < -0.39 is 0 Å². The lowest BCUT2D eigenvalue weighted by Gasteiger charge is -2.08. The predicted molar refractivity (Wildman–Crippen MR) is 96.1 cm³/mol. The third-order valence-electron chi connectivity index (χ3n) is 4.06. The summed E-state index contributed by atoms with van der Waals surface area (Å²) >= 11 is 0. The highest BCUT2D eigenvalue weighted by Crippen LogP contribution is 2.17. The van der Waals surface area contributed by atoms with Crippen molar-refractivity contribution in [2.75, 3.05) is 13.7 Å². The van der Waals surface area contributed by atoms with Gasteiger partial charge < -0.3 is 14.0 Å². The summed E-state index contributed by atoms with van der Waals surface area (Å²) in [5, 5.41) is 0. The zero-order chi connectivity index (χ0) is 18.4. The first-order chi connectivity index (χ1) is 12.0. The number of ether oxygens (including phenoxy) is 2. The molecule has 1 heterocycles. The summed E-state index contributed by atoms with van der Waals surface area (Å²) in [4.78, 5) is 23.7. The Morgan fingerprint density at radius 3 is 2.48 bits per heavy atom. The van der Waals surface area contributed by atoms with Crippen LogP contribution >= 0.6 is 0 Å². The van der Waals surface area contributed by atoms with Crippen LogP contribution in [0.1, 0.15) is 27.3 Å². The number of hydrogen-bond acceptors (Lipinski definition) is 4. The number of Topliss-reactive ketones (excluding diaryl/α,β-unsaturated/α-hetero) is 1. The van der Waals surface area contributed by atoms with E-state index in [9.17, 15) is 9.59 Å². The Morgan fingerprint density at radius 2 is 1.88 bits per heavy atom. The van der Waals surface area contributed by atoms with Crippen molar-refractivity contribution in [2.24, 2.45) is 0 Å². The van der Waals surface area contributed by atoms with Crippen LogP contribution in [-0.2, 0) is 22.5 Å². The number of ketones is 1. The molecular formula is C20H23NO4. The minimum atomic E-state index is -0.293. The van der Waals surface area contributed by atoms with Gasteiger partial charge in [-0.3, -0.25) is 9.59 Å². The summed E-state index contributed by atoms with van der Waals surface area (Å²) in [5.41, 5.74) is 3.44. The van der Waals surface area contributed by atoms with E-state index in [2.05, 4.69) is 11.3 Å². The highest BCUT2D eigenvalue weighted by atomic mass is 16.5. The first kappa shape index (κ1) is 18.5. The first-order valence-corrected chi connectivity index (χ1v) is 8.05. The molecule has 0 aliphatic carbocycles. The molecule has 0 bridgehead atoms. The molecule has 0 spiro atoms. The molecule has 25 heavy (non-hydrogen) atoms. The maximum Gasteiger partial charge on any atom is 0.309 e. The van der Waals surface area contributed by atoms with Crippen LogP contribution in [0.4, 0.5) is 0 Å². The number of aromatic nitrogens is 1. The minimum absolute atomic E-state index is 0.0330. The quantitative estimate of drug-likeness (QED) is 0.420. The maximum atomic E-state index is 12.4. The van der Waals surface area contributed by atoms with E-state index in [1.54, 1.807) is 30.3 Å². The number of esters is 1. The third-order valence-corrected chi connectivity index (χ3v) is 4.06. The molecule has 2 rings (SSSR count). The number of nitrogens with zero attached hydrogens (tertiary/aromatic N) is 1. The monoisotopic (exact) mass is 341 g/mol. The van der Waals surface area contributed by atoms with Gasteiger partial charge in [0.2, 0.25) is 5.78 Å². The fourth-order valence-electron chi connectivity index (χ4n) is 2.66. The van der Waals surface area contributed by atoms with Gasteiger partial charge in [-0.2, -0.15) is 0 Å². The standard InChI is InChI=1S/C20H23NO4/c1-5-10-21-14(2)11-18(15(21)3)19(22)13-25-17-8-6-16(7-9-17)12-20(23)24-4/h5-9,11H,1,10,12-13H2,2-4H3. The van der Waals surface area contributed by atoms with Crippen molar-refractivity contribution in [3.05, 3.63) is 65.5 Å². The van der Waals surface area contributed by atoms with Crippen molar-refractivity contribution in [1.29, 1.82) is 0 Å². The molecule has 0 saturated carbocycles. The SMILES string of the molecule is C=CCn1c(C)cc(C(=O)COc2ccc(CC(=O)OC)cc2)c1C. The normalized spacial score (nSPS) is 10.4. The smallest absolute Gasteiger partial charge is 0.309 e. The highest BCUT2D eigenvalue weighted by molar-refractivity contribution is 5.98. The van der Waals surface area contributed by atoms with Gasteiger partial charge in [0.25, 0.3) is 0 Å². The van der Waals surface area contributed by atoms with Crippen molar-refractivity contribution < 1.29 is 19.1 Å². The third kappa shape index (κ3) is 4.59. The topological polar surface area (TPSA) is 57.5 Å². The molecule has 132 valence electrons. The molecule has 2 aromatic rings. The van der Waals surface area contributed by atoms with Crippen LogP contribution in [0.15, 0.2) is 43.0 Å². The molecule has 0 radical (unpaired) electrons. The number of carbonyl (C=O) groups excluding carboxylic acids is 2. The molecule has 0 fully saturated rings. The maximum absolute atomic E-state index is 12.4. The van der Waals surface area contributed by atoms with Crippen LogP contribution in [0.2, 0.25) is 0 Å². The molecule has 0 aliphatic rings. The van der Waals surface area contributed by atoms with E-state index in [1.165, 1.54) is 7.11 Å². The van der Waals surface area contributed by atoms with Gasteiger partial charge in [-0.05, 0) is 37.6 Å². The van der Waals surface area contributed by atoms with Gasteiger partial charge in [0, 0.05) is 23.5 Å². The van der Waals surface area contributed by atoms with E-state index in [0.29, 0.717) is 17.9 Å². The molecule has 1 aromatic carbocycles. The van der Waals surface area contributed by atoms with Crippen LogP contribution in [0.5, 0.6) is 5.75 Å². The Morgan fingerprint density at radius 1 is 1.20 bits per heavy atom. The first-order valence-electron chi connectivity index (χ1n) is 8.05. The number of rotatable bonds is 8. The van der Waals surface area contributed by atoms with Crippen molar-refractivity contribution in [2.45, 2.75) is 26.8 Å². The number of carbonyl (C=O) groups is 2. The summed E-state index contributed by atoms with van der Waals surface area (Å²) < 4.78 is 12.3. The Bertz CT molecular complexity index is 772. The second-order valence-corrected chi connectivity index (χ2v) is 5.79. The van der Waals surface area contributed by atoms with E-state index in [0.717, 1.165) is 17.0 Å². The fraction of sp³-hybridized carbons (Fsp3) is 0.300. The molecule has 1 aromatic heterocycles. The van der Waals surface area contributed by atoms with Gasteiger partial charge >= 0.3 is 5.97 Å². The molecule has 5 heteroatoms. The summed E-state index contributed by atoms with van der Waals surface area (Å²) in [6.45, 7) is 8.27. The van der Waals surface area contributed by atoms with Crippen molar-refractivity contribution in [3.8, 4) is 5.75 Å². The van der Waals surface area contributed by atoms with Gasteiger partial charge in [-0.15, -0.1) is 6.58 Å². The lowest BCUT2D eigenvalue weighted by Crippen LogP contribution is -2.13. The summed E-state index contributed by atoms with van der Waals surface area (Å²) in [6, 6.07) is 8.93. The second-order valence-electron chi connectivity index (χ2n) is 5.79. The fourth-order valence-corrected chi connectivity index (χ4v) is 2.66. The molecule has 0 N–H and O–H groups in total.